The molecule has 0 fully saturated rings. The van der Waals surface area contributed by atoms with E-state index in [9.17, 15) is 13.5 Å². The van der Waals surface area contributed by atoms with Gasteiger partial charge in [-0.15, -0.1) is 0 Å². The lowest BCUT2D eigenvalue weighted by Crippen LogP contribution is -2.24. The molecule has 2 aromatic rings. The standard InChI is InChI=1S/C13H15N3O3S/c1-10(17)11-4-2-6-13(8-11)20(18,19)15-9-12-5-3-7-14-16-12/h2-8,10,15,17H,9H2,1H3. The fraction of sp³-hybridized carbons (Fsp3) is 0.231. The second kappa shape index (κ2) is 6.08. The van der Waals surface area contributed by atoms with Gasteiger partial charge in [-0.2, -0.15) is 10.2 Å². The first kappa shape index (κ1) is 14.6. The minimum Gasteiger partial charge on any atom is -0.389 e. The normalized spacial score (nSPS) is 13.1. The molecule has 6 nitrogen and oxygen atoms in total. The van der Waals surface area contributed by atoms with Crippen LogP contribution in [0.2, 0.25) is 0 Å². The molecule has 0 bridgehead atoms. The number of nitrogens with one attached hydrogen (secondary N) is 1. The third-order valence-electron chi connectivity index (χ3n) is 2.72. The maximum absolute atomic E-state index is 12.1. The van der Waals surface area contributed by atoms with Crippen molar-refractivity contribution < 1.29 is 13.5 Å². The predicted octanol–water partition coefficient (Wildman–Crippen LogP) is 1.01. The minimum atomic E-state index is -3.64. The van der Waals surface area contributed by atoms with E-state index in [1.165, 1.54) is 18.3 Å². The minimum absolute atomic E-state index is 0.0646. The highest BCUT2D eigenvalue weighted by molar-refractivity contribution is 7.89. The Morgan fingerprint density at radius 1 is 1.30 bits per heavy atom. The van der Waals surface area contributed by atoms with Gasteiger partial charge in [-0.1, -0.05) is 12.1 Å². The summed E-state index contributed by atoms with van der Waals surface area (Å²) in [7, 11) is -3.64. The van der Waals surface area contributed by atoms with E-state index < -0.39 is 16.1 Å². The van der Waals surface area contributed by atoms with Gasteiger partial charge in [0.15, 0.2) is 0 Å². The zero-order chi connectivity index (χ0) is 14.6. The molecule has 7 heteroatoms. The largest absolute Gasteiger partial charge is 0.389 e. The highest BCUT2D eigenvalue weighted by Crippen LogP contribution is 2.17. The van der Waals surface area contributed by atoms with Crippen LogP contribution in [0.1, 0.15) is 24.3 Å². The molecule has 0 amide bonds. The van der Waals surface area contributed by atoms with Crippen molar-refractivity contribution in [2.75, 3.05) is 0 Å². The Labute approximate surface area is 117 Å². The van der Waals surface area contributed by atoms with E-state index in [2.05, 4.69) is 14.9 Å². The molecule has 20 heavy (non-hydrogen) atoms. The monoisotopic (exact) mass is 293 g/mol. The second-order valence-corrected chi connectivity index (χ2v) is 6.05. The lowest BCUT2D eigenvalue weighted by Gasteiger charge is -2.09. The van der Waals surface area contributed by atoms with Crippen LogP contribution < -0.4 is 4.72 Å². The maximum atomic E-state index is 12.1. The third kappa shape index (κ3) is 3.60. The summed E-state index contributed by atoms with van der Waals surface area (Å²) in [6, 6.07) is 9.56. The number of hydrogen-bond acceptors (Lipinski definition) is 5. The topological polar surface area (TPSA) is 92.2 Å². The van der Waals surface area contributed by atoms with Crippen molar-refractivity contribution in [3.63, 3.8) is 0 Å². The highest BCUT2D eigenvalue weighted by Gasteiger charge is 2.15. The first-order valence-electron chi connectivity index (χ1n) is 6.03. The van der Waals surface area contributed by atoms with Gasteiger partial charge < -0.3 is 5.11 Å². The molecule has 2 rings (SSSR count). The van der Waals surface area contributed by atoms with Crippen molar-refractivity contribution in [2.24, 2.45) is 0 Å². The zero-order valence-electron chi connectivity index (χ0n) is 10.9. The SMILES string of the molecule is CC(O)c1cccc(S(=O)(=O)NCc2cccnn2)c1. The molecule has 1 heterocycles. The van der Waals surface area contributed by atoms with Crippen LogP contribution in [-0.4, -0.2) is 23.7 Å². The van der Waals surface area contributed by atoms with Crippen LogP contribution in [-0.2, 0) is 16.6 Å². The number of aromatic nitrogens is 2. The van der Waals surface area contributed by atoms with Gasteiger partial charge in [0.25, 0.3) is 0 Å². The first-order valence-corrected chi connectivity index (χ1v) is 7.51. The molecule has 1 aromatic heterocycles. The summed E-state index contributed by atoms with van der Waals surface area (Å²) in [4.78, 5) is 0.111. The first-order chi connectivity index (χ1) is 9.49. The van der Waals surface area contributed by atoms with Crippen molar-refractivity contribution in [3.05, 3.63) is 53.9 Å². The molecule has 0 aliphatic carbocycles. The number of benzene rings is 1. The summed E-state index contributed by atoms with van der Waals surface area (Å²) in [6.07, 6.45) is 0.801. The molecule has 1 unspecified atom stereocenters. The van der Waals surface area contributed by atoms with Crippen LogP contribution in [0.5, 0.6) is 0 Å². The highest BCUT2D eigenvalue weighted by atomic mass is 32.2. The predicted molar refractivity (Wildman–Crippen MR) is 73.1 cm³/mol. The Kier molecular flexibility index (Phi) is 4.43. The quantitative estimate of drug-likeness (QED) is 0.858. The molecule has 2 N–H and O–H groups in total. The van der Waals surface area contributed by atoms with E-state index in [1.54, 1.807) is 31.2 Å². The van der Waals surface area contributed by atoms with Crippen molar-refractivity contribution in [3.8, 4) is 0 Å². The van der Waals surface area contributed by atoms with Gasteiger partial charge in [0.2, 0.25) is 10.0 Å². The number of rotatable bonds is 5. The van der Waals surface area contributed by atoms with E-state index in [-0.39, 0.29) is 11.4 Å². The summed E-state index contributed by atoms with van der Waals surface area (Å²) in [6.45, 7) is 1.65. The number of nitrogens with zero attached hydrogens (tertiary/aromatic N) is 2. The number of aliphatic hydroxyl groups excluding tert-OH is 1. The van der Waals surface area contributed by atoms with Crippen LogP contribution >= 0.6 is 0 Å². The van der Waals surface area contributed by atoms with Gasteiger partial charge in [0.05, 0.1) is 23.2 Å². The Hall–Kier alpha value is -1.83. The van der Waals surface area contributed by atoms with Crippen molar-refractivity contribution in [1.29, 1.82) is 0 Å². The van der Waals surface area contributed by atoms with E-state index in [1.807, 2.05) is 0 Å². The van der Waals surface area contributed by atoms with E-state index >= 15 is 0 Å². The van der Waals surface area contributed by atoms with Gasteiger partial charge in [0.1, 0.15) is 0 Å². The van der Waals surface area contributed by atoms with Crippen LogP contribution in [0.25, 0.3) is 0 Å². The van der Waals surface area contributed by atoms with Crippen molar-refractivity contribution >= 4 is 10.0 Å². The smallest absolute Gasteiger partial charge is 0.240 e. The Morgan fingerprint density at radius 2 is 2.10 bits per heavy atom. The lowest BCUT2D eigenvalue weighted by atomic mass is 10.1. The summed E-state index contributed by atoms with van der Waals surface area (Å²) < 4.78 is 26.7. The van der Waals surface area contributed by atoms with E-state index in [4.69, 9.17) is 0 Å². The number of aliphatic hydroxyl groups is 1. The fourth-order valence-electron chi connectivity index (χ4n) is 1.62. The number of hydrogen-bond donors (Lipinski definition) is 2. The summed E-state index contributed by atoms with van der Waals surface area (Å²) in [5.41, 5.74) is 1.08. The van der Waals surface area contributed by atoms with Crippen LogP contribution in [0, 0.1) is 0 Å². The molecular weight excluding hydrogens is 278 g/mol. The number of sulfonamides is 1. The molecule has 106 valence electrons. The summed E-state index contributed by atoms with van der Waals surface area (Å²) >= 11 is 0. The average molecular weight is 293 g/mol. The van der Waals surface area contributed by atoms with Crippen molar-refractivity contribution in [2.45, 2.75) is 24.5 Å². The van der Waals surface area contributed by atoms with E-state index in [0.717, 1.165) is 0 Å². The fourth-order valence-corrected chi connectivity index (χ4v) is 2.68. The van der Waals surface area contributed by atoms with Crippen LogP contribution in [0.3, 0.4) is 0 Å². The Balaban J connectivity index is 2.16. The molecule has 1 atom stereocenters. The Morgan fingerprint density at radius 3 is 2.75 bits per heavy atom. The molecule has 0 radical (unpaired) electrons. The molecule has 0 saturated heterocycles. The Bertz CT molecular complexity index is 672. The summed E-state index contributed by atoms with van der Waals surface area (Å²) in [5, 5.41) is 17.0. The van der Waals surface area contributed by atoms with Gasteiger partial charge in [0, 0.05) is 6.20 Å². The average Bonchev–Trinajstić information content (AvgIpc) is 2.46. The molecule has 0 aliphatic heterocycles. The second-order valence-electron chi connectivity index (χ2n) is 4.29. The third-order valence-corrected chi connectivity index (χ3v) is 4.12. The van der Waals surface area contributed by atoms with Gasteiger partial charge in [-0.25, -0.2) is 13.1 Å². The summed E-state index contributed by atoms with van der Waals surface area (Å²) in [5.74, 6) is 0. The van der Waals surface area contributed by atoms with Crippen LogP contribution in [0.4, 0.5) is 0 Å². The van der Waals surface area contributed by atoms with Crippen molar-refractivity contribution in [1.82, 2.24) is 14.9 Å². The van der Waals surface area contributed by atoms with Gasteiger partial charge in [-0.3, -0.25) is 0 Å². The maximum Gasteiger partial charge on any atom is 0.240 e. The zero-order valence-corrected chi connectivity index (χ0v) is 11.7. The molecule has 0 saturated carbocycles. The van der Waals surface area contributed by atoms with Gasteiger partial charge >= 0.3 is 0 Å². The molecule has 1 aromatic carbocycles. The molecular formula is C13H15N3O3S. The molecule has 0 aliphatic rings. The lowest BCUT2D eigenvalue weighted by molar-refractivity contribution is 0.199. The van der Waals surface area contributed by atoms with E-state index in [0.29, 0.717) is 11.3 Å². The molecule has 0 spiro atoms. The van der Waals surface area contributed by atoms with Gasteiger partial charge in [-0.05, 0) is 36.8 Å². The van der Waals surface area contributed by atoms with Crippen LogP contribution in [0.15, 0.2) is 47.5 Å².